The van der Waals surface area contributed by atoms with Crippen LogP contribution in [-0.4, -0.2) is 34.8 Å². The zero-order valence-corrected chi connectivity index (χ0v) is 15.6. The molecule has 26 heavy (non-hydrogen) atoms. The number of hydrogen-bond acceptors (Lipinski definition) is 2. The number of likely N-dealkylation sites (tertiary alicyclic amines) is 1. The minimum Gasteiger partial charge on any atom is -0.358 e. The van der Waals surface area contributed by atoms with Gasteiger partial charge < -0.3 is 15.2 Å². The van der Waals surface area contributed by atoms with Gasteiger partial charge in [0.05, 0.1) is 5.92 Å². The molecule has 1 aliphatic heterocycles. The largest absolute Gasteiger partial charge is 0.358 e. The van der Waals surface area contributed by atoms with Gasteiger partial charge in [-0.25, -0.2) is 0 Å². The second-order valence-corrected chi connectivity index (χ2v) is 7.00. The van der Waals surface area contributed by atoms with Crippen LogP contribution in [0.5, 0.6) is 0 Å². The van der Waals surface area contributed by atoms with Crippen molar-refractivity contribution in [3.05, 3.63) is 47.7 Å². The van der Waals surface area contributed by atoms with E-state index >= 15 is 0 Å². The molecule has 3 rings (SSSR count). The van der Waals surface area contributed by atoms with Gasteiger partial charge in [0.15, 0.2) is 0 Å². The van der Waals surface area contributed by atoms with Gasteiger partial charge in [0.2, 0.25) is 11.8 Å². The maximum Gasteiger partial charge on any atom is 0.225 e. The van der Waals surface area contributed by atoms with E-state index in [4.69, 9.17) is 0 Å². The summed E-state index contributed by atoms with van der Waals surface area (Å²) in [5.41, 5.74) is 4.77. The lowest BCUT2D eigenvalue weighted by molar-refractivity contribution is -0.137. The highest BCUT2D eigenvalue weighted by Crippen LogP contribution is 2.23. The molecule has 2 heterocycles. The Balaban J connectivity index is 1.64. The van der Waals surface area contributed by atoms with Crippen molar-refractivity contribution in [2.75, 3.05) is 13.1 Å². The molecule has 138 valence electrons. The number of hydrogen-bond donors (Lipinski definition) is 2. The van der Waals surface area contributed by atoms with E-state index in [1.54, 1.807) is 11.0 Å². The van der Waals surface area contributed by atoms with Gasteiger partial charge in [-0.1, -0.05) is 19.1 Å². The third-order valence-electron chi connectivity index (χ3n) is 5.27. The summed E-state index contributed by atoms with van der Waals surface area (Å²) in [5, 5.41) is 4.25. The average molecular weight is 353 g/mol. The van der Waals surface area contributed by atoms with Crippen molar-refractivity contribution in [1.29, 1.82) is 0 Å². The first kappa shape index (κ1) is 18.2. The van der Waals surface area contributed by atoms with Crippen molar-refractivity contribution < 1.29 is 9.59 Å². The normalized spacial score (nSPS) is 17.5. The molecule has 5 heteroatoms. The van der Waals surface area contributed by atoms with E-state index in [0.29, 0.717) is 32.5 Å². The van der Waals surface area contributed by atoms with Crippen LogP contribution in [-0.2, 0) is 22.6 Å². The van der Waals surface area contributed by atoms with Crippen molar-refractivity contribution >= 4 is 22.7 Å². The van der Waals surface area contributed by atoms with Crippen LogP contribution in [0.2, 0.25) is 0 Å². The Labute approximate surface area is 154 Å². The molecule has 1 fully saturated rings. The second kappa shape index (κ2) is 7.77. The summed E-state index contributed by atoms with van der Waals surface area (Å²) >= 11 is 0. The SMILES string of the molecule is C=CCN1CC(C(=O)NCc2ccc3[nH]c(CC)c(C)c3c2)CCC1=O. The summed E-state index contributed by atoms with van der Waals surface area (Å²) in [4.78, 5) is 29.5. The van der Waals surface area contributed by atoms with Crippen molar-refractivity contribution in [2.24, 2.45) is 5.92 Å². The fourth-order valence-electron chi connectivity index (χ4n) is 3.69. The van der Waals surface area contributed by atoms with Crippen molar-refractivity contribution in [2.45, 2.75) is 39.7 Å². The molecule has 1 aliphatic rings. The maximum atomic E-state index is 12.5. The maximum absolute atomic E-state index is 12.5. The van der Waals surface area contributed by atoms with Crippen LogP contribution in [0, 0.1) is 12.8 Å². The highest BCUT2D eigenvalue weighted by atomic mass is 16.2. The summed E-state index contributed by atoms with van der Waals surface area (Å²) in [6.07, 6.45) is 3.74. The van der Waals surface area contributed by atoms with Crippen LogP contribution in [0.15, 0.2) is 30.9 Å². The van der Waals surface area contributed by atoms with Crippen molar-refractivity contribution in [3.63, 3.8) is 0 Å². The zero-order chi connectivity index (χ0) is 18.7. The molecule has 0 saturated carbocycles. The smallest absolute Gasteiger partial charge is 0.225 e. The third kappa shape index (κ3) is 3.66. The minimum absolute atomic E-state index is 0.0201. The zero-order valence-electron chi connectivity index (χ0n) is 15.6. The van der Waals surface area contributed by atoms with Gasteiger partial charge >= 0.3 is 0 Å². The Kier molecular flexibility index (Phi) is 5.45. The Bertz CT molecular complexity index is 837. The molecule has 2 aromatic rings. The Morgan fingerprint density at radius 1 is 1.46 bits per heavy atom. The predicted molar refractivity (Wildman–Crippen MR) is 104 cm³/mol. The third-order valence-corrected chi connectivity index (χ3v) is 5.27. The first-order valence-corrected chi connectivity index (χ1v) is 9.30. The minimum atomic E-state index is -0.142. The standard InChI is InChI=1S/C21H27N3O2/c1-4-10-24-13-16(7-9-20(24)25)21(26)22-12-15-6-8-19-17(11-15)14(3)18(5-2)23-19/h4,6,8,11,16,23H,1,5,7,9-10,12-13H2,2-3H3,(H,22,26). The van der Waals surface area contributed by atoms with Crippen LogP contribution < -0.4 is 5.32 Å². The molecule has 1 saturated heterocycles. The highest BCUT2D eigenvalue weighted by molar-refractivity contribution is 5.86. The Morgan fingerprint density at radius 2 is 2.27 bits per heavy atom. The molecule has 1 aromatic heterocycles. The van der Waals surface area contributed by atoms with Gasteiger partial charge in [0, 0.05) is 42.7 Å². The number of rotatable bonds is 6. The lowest BCUT2D eigenvalue weighted by Crippen LogP contribution is -2.45. The van der Waals surface area contributed by atoms with Crippen LogP contribution in [0.4, 0.5) is 0 Å². The van der Waals surface area contributed by atoms with Crippen LogP contribution in [0.1, 0.15) is 36.6 Å². The molecule has 0 radical (unpaired) electrons. The molecule has 0 spiro atoms. The van der Waals surface area contributed by atoms with E-state index in [-0.39, 0.29) is 17.7 Å². The van der Waals surface area contributed by atoms with Crippen LogP contribution >= 0.6 is 0 Å². The number of piperidine rings is 1. The van der Waals surface area contributed by atoms with Crippen LogP contribution in [0.3, 0.4) is 0 Å². The Morgan fingerprint density at radius 3 is 3.00 bits per heavy atom. The first-order valence-electron chi connectivity index (χ1n) is 9.30. The van der Waals surface area contributed by atoms with E-state index < -0.39 is 0 Å². The molecule has 0 aliphatic carbocycles. The predicted octanol–water partition coefficient (Wildman–Crippen LogP) is 3.08. The van der Waals surface area contributed by atoms with Gasteiger partial charge in [-0.05, 0) is 43.0 Å². The van der Waals surface area contributed by atoms with E-state index in [0.717, 1.165) is 17.5 Å². The van der Waals surface area contributed by atoms with Gasteiger partial charge in [-0.15, -0.1) is 6.58 Å². The number of carbonyl (C=O) groups excluding carboxylic acids is 2. The number of carbonyl (C=O) groups is 2. The number of aromatic amines is 1. The number of benzene rings is 1. The summed E-state index contributed by atoms with van der Waals surface area (Å²) < 4.78 is 0. The molecule has 1 atom stereocenters. The number of H-pyrrole nitrogens is 1. The second-order valence-electron chi connectivity index (χ2n) is 7.00. The Hall–Kier alpha value is -2.56. The molecule has 1 aromatic carbocycles. The first-order chi connectivity index (χ1) is 12.5. The number of aromatic nitrogens is 1. The summed E-state index contributed by atoms with van der Waals surface area (Å²) in [7, 11) is 0. The molecule has 0 bridgehead atoms. The quantitative estimate of drug-likeness (QED) is 0.784. The van der Waals surface area contributed by atoms with Gasteiger partial charge in [-0.3, -0.25) is 9.59 Å². The molecular weight excluding hydrogens is 326 g/mol. The van der Waals surface area contributed by atoms with E-state index in [1.165, 1.54) is 16.6 Å². The van der Waals surface area contributed by atoms with Gasteiger partial charge in [0.25, 0.3) is 0 Å². The molecule has 2 amide bonds. The van der Waals surface area contributed by atoms with Crippen molar-refractivity contribution in [3.8, 4) is 0 Å². The fourth-order valence-corrected chi connectivity index (χ4v) is 3.69. The summed E-state index contributed by atoms with van der Waals surface area (Å²) in [6.45, 7) is 9.44. The van der Waals surface area contributed by atoms with E-state index in [2.05, 4.69) is 42.9 Å². The lowest BCUT2D eigenvalue weighted by atomic mass is 9.96. The molecular formula is C21H27N3O2. The van der Waals surface area contributed by atoms with Crippen molar-refractivity contribution in [1.82, 2.24) is 15.2 Å². The number of nitrogens with zero attached hydrogens (tertiary/aromatic N) is 1. The highest BCUT2D eigenvalue weighted by Gasteiger charge is 2.29. The summed E-state index contributed by atoms with van der Waals surface area (Å²) in [6, 6.07) is 6.27. The van der Waals surface area contributed by atoms with E-state index in [1.807, 2.05) is 6.07 Å². The average Bonchev–Trinajstić information content (AvgIpc) is 2.97. The molecule has 2 N–H and O–H groups in total. The number of nitrogens with one attached hydrogen (secondary N) is 2. The molecule has 5 nitrogen and oxygen atoms in total. The van der Waals surface area contributed by atoms with Crippen LogP contribution in [0.25, 0.3) is 10.9 Å². The number of aryl methyl sites for hydroxylation is 2. The van der Waals surface area contributed by atoms with E-state index in [9.17, 15) is 9.59 Å². The summed E-state index contributed by atoms with van der Waals surface area (Å²) in [5.74, 6) is -0.0159. The monoisotopic (exact) mass is 353 g/mol. The lowest BCUT2D eigenvalue weighted by Gasteiger charge is -2.31. The molecule has 1 unspecified atom stereocenters. The number of amides is 2. The number of fused-ring (bicyclic) bond motifs is 1. The topological polar surface area (TPSA) is 65.2 Å². The fraction of sp³-hybridized carbons (Fsp3) is 0.429. The van der Waals surface area contributed by atoms with Gasteiger partial charge in [-0.2, -0.15) is 0 Å². The van der Waals surface area contributed by atoms with Gasteiger partial charge in [0.1, 0.15) is 0 Å².